The minimum Gasteiger partial charge on any atom is -0.468 e. The van der Waals surface area contributed by atoms with Crippen molar-refractivity contribution in [3.05, 3.63) is 54.5 Å². The molecule has 4 rings (SSSR count). The standard InChI is InChI=1S/C17H17FN4O/c18-13-3-4-16-15(10-13)17(20-12-19-16)22-7-5-21(6-8-22)11-14-2-1-9-23-14/h1-4,9-10,12H,5-8,11H2. The molecule has 0 N–H and O–H groups in total. The van der Waals surface area contributed by atoms with E-state index in [4.69, 9.17) is 4.42 Å². The van der Waals surface area contributed by atoms with Gasteiger partial charge in [-0.3, -0.25) is 4.90 Å². The summed E-state index contributed by atoms with van der Waals surface area (Å²) in [6, 6.07) is 8.55. The second kappa shape index (κ2) is 5.96. The van der Waals surface area contributed by atoms with E-state index in [1.54, 1.807) is 18.7 Å². The Balaban J connectivity index is 1.51. The summed E-state index contributed by atoms with van der Waals surface area (Å²) in [7, 11) is 0. The minimum atomic E-state index is -0.259. The molecule has 0 bridgehead atoms. The van der Waals surface area contributed by atoms with Crippen LogP contribution in [0.5, 0.6) is 0 Å². The van der Waals surface area contributed by atoms with Gasteiger partial charge in [-0.15, -0.1) is 0 Å². The summed E-state index contributed by atoms with van der Waals surface area (Å²) in [5, 5.41) is 0.770. The third-order valence-corrected chi connectivity index (χ3v) is 4.21. The molecule has 0 unspecified atom stereocenters. The monoisotopic (exact) mass is 312 g/mol. The van der Waals surface area contributed by atoms with Crippen molar-refractivity contribution in [2.45, 2.75) is 6.54 Å². The van der Waals surface area contributed by atoms with Crippen LogP contribution >= 0.6 is 0 Å². The maximum Gasteiger partial charge on any atom is 0.140 e. The Labute approximate surface area is 133 Å². The van der Waals surface area contributed by atoms with Gasteiger partial charge in [0.25, 0.3) is 0 Å². The van der Waals surface area contributed by atoms with Gasteiger partial charge in [-0.25, -0.2) is 14.4 Å². The summed E-state index contributed by atoms with van der Waals surface area (Å²) in [5.41, 5.74) is 0.773. The van der Waals surface area contributed by atoms with E-state index in [-0.39, 0.29) is 5.82 Å². The Hall–Kier alpha value is -2.47. The molecule has 1 aromatic carbocycles. The fraction of sp³-hybridized carbons (Fsp3) is 0.294. The van der Waals surface area contributed by atoms with Crippen LogP contribution in [0.1, 0.15) is 5.76 Å². The van der Waals surface area contributed by atoms with Gasteiger partial charge in [0.05, 0.1) is 18.3 Å². The van der Waals surface area contributed by atoms with Crippen LogP contribution in [0.3, 0.4) is 0 Å². The van der Waals surface area contributed by atoms with E-state index < -0.39 is 0 Å². The van der Waals surface area contributed by atoms with E-state index in [1.807, 2.05) is 12.1 Å². The Bertz CT molecular complexity index is 797. The van der Waals surface area contributed by atoms with Crippen molar-refractivity contribution in [2.75, 3.05) is 31.1 Å². The van der Waals surface area contributed by atoms with Crippen molar-refractivity contribution in [2.24, 2.45) is 0 Å². The number of nitrogens with zero attached hydrogens (tertiary/aromatic N) is 4. The fourth-order valence-electron chi connectivity index (χ4n) is 3.01. The molecule has 0 saturated carbocycles. The van der Waals surface area contributed by atoms with Crippen molar-refractivity contribution in [3.8, 4) is 0 Å². The summed E-state index contributed by atoms with van der Waals surface area (Å²) < 4.78 is 19.0. The van der Waals surface area contributed by atoms with Crippen LogP contribution < -0.4 is 4.90 Å². The van der Waals surface area contributed by atoms with E-state index >= 15 is 0 Å². The average Bonchev–Trinajstić information content (AvgIpc) is 3.08. The number of rotatable bonds is 3. The highest BCUT2D eigenvalue weighted by Crippen LogP contribution is 2.24. The maximum atomic E-state index is 13.6. The number of anilines is 1. The highest BCUT2D eigenvalue weighted by molar-refractivity contribution is 5.89. The first-order valence-corrected chi connectivity index (χ1v) is 7.69. The van der Waals surface area contributed by atoms with Crippen LogP contribution in [0.4, 0.5) is 10.2 Å². The number of aromatic nitrogens is 2. The van der Waals surface area contributed by atoms with E-state index in [2.05, 4.69) is 19.8 Å². The lowest BCUT2D eigenvalue weighted by atomic mass is 10.2. The molecule has 0 atom stereocenters. The molecule has 1 aliphatic heterocycles. The van der Waals surface area contributed by atoms with Crippen LogP contribution in [0.2, 0.25) is 0 Å². The molecule has 3 aromatic rings. The predicted molar refractivity (Wildman–Crippen MR) is 85.7 cm³/mol. The van der Waals surface area contributed by atoms with Gasteiger partial charge in [-0.2, -0.15) is 0 Å². The minimum absolute atomic E-state index is 0.259. The molecule has 1 aliphatic rings. The van der Waals surface area contributed by atoms with Gasteiger partial charge in [0, 0.05) is 31.6 Å². The molecule has 118 valence electrons. The number of fused-ring (bicyclic) bond motifs is 1. The molecule has 5 nitrogen and oxygen atoms in total. The number of furan rings is 1. The first kappa shape index (κ1) is 14.1. The number of benzene rings is 1. The molecule has 1 fully saturated rings. The summed E-state index contributed by atoms with van der Waals surface area (Å²) in [5.74, 6) is 1.53. The highest BCUT2D eigenvalue weighted by atomic mass is 19.1. The van der Waals surface area contributed by atoms with Gasteiger partial charge in [-0.1, -0.05) is 0 Å². The van der Waals surface area contributed by atoms with Crippen LogP contribution in [0.25, 0.3) is 10.9 Å². The molecular formula is C17H17FN4O. The maximum absolute atomic E-state index is 13.6. The lowest BCUT2D eigenvalue weighted by Gasteiger charge is -2.35. The van der Waals surface area contributed by atoms with Crippen molar-refractivity contribution in [3.63, 3.8) is 0 Å². The average molecular weight is 312 g/mol. The second-order valence-corrected chi connectivity index (χ2v) is 5.70. The number of piperazine rings is 1. The summed E-state index contributed by atoms with van der Waals surface area (Å²) in [6.07, 6.45) is 3.25. The topological polar surface area (TPSA) is 45.4 Å². The Kier molecular flexibility index (Phi) is 3.67. The third-order valence-electron chi connectivity index (χ3n) is 4.21. The first-order chi connectivity index (χ1) is 11.3. The zero-order valence-corrected chi connectivity index (χ0v) is 12.7. The SMILES string of the molecule is Fc1ccc2ncnc(N3CCN(Cc4ccco4)CC3)c2c1. The van der Waals surface area contributed by atoms with Gasteiger partial charge >= 0.3 is 0 Å². The third kappa shape index (κ3) is 2.90. The van der Waals surface area contributed by atoms with Crippen molar-refractivity contribution in [1.82, 2.24) is 14.9 Å². The second-order valence-electron chi connectivity index (χ2n) is 5.70. The van der Waals surface area contributed by atoms with Gasteiger partial charge in [-0.05, 0) is 30.3 Å². The van der Waals surface area contributed by atoms with E-state index in [0.717, 1.165) is 55.2 Å². The van der Waals surface area contributed by atoms with Gasteiger partial charge in [0.15, 0.2) is 0 Å². The van der Waals surface area contributed by atoms with Gasteiger partial charge in [0.2, 0.25) is 0 Å². The van der Waals surface area contributed by atoms with Crippen molar-refractivity contribution < 1.29 is 8.81 Å². The normalized spacial score (nSPS) is 16.1. The Morgan fingerprint density at radius 2 is 1.96 bits per heavy atom. The fourth-order valence-corrected chi connectivity index (χ4v) is 3.01. The molecule has 1 saturated heterocycles. The van der Waals surface area contributed by atoms with Crippen LogP contribution in [-0.4, -0.2) is 41.0 Å². The van der Waals surface area contributed by atoms with Crippen LogP contribution in [0.15, 0.2) is 47.3 Å². The molecule has 6 heteroatoms. The van der Waals surface area contributed by atoms with Gasteiger partial charge < -0.3 is 9.32 Å². The summed E-state index contributed by atoms with van der Waals surface area (Å²) >= 11 is 0. The number of hydrogen-bond donors (Lipinski definition) is 0. The quantitative estimate of drug-likeness (QED) is 0.744. The van der Waals surface area contributed by atoms with E-state index in [9.17, 15) is 4.39 Å². The molecule has 0 spiro atoms. The van der Waals surface area contributed by atoms with Crippen molar-refractivity contribution in [1.29, 1.82) is 0 Å². The molecule has 0 aliphatic carbocycles. The smallest absolute Gasteiger partial charge is 0.140 e. The molecule has 0 radical (unpaired) electrons. The molecule has 0 amide bonds. The Morgan fingerprint density at radius 3 is 2.74 bits per heavy atom. The van der Waals surface area contributed by atoms with Crippen LogP contribution in [0, 0.1) is 5.82 Å². The summed E-state index contributed by atoms with van der Waals surface area (Å²) in [4.78, 5) is 13.1. The molecule has 23 heavy (non-hydrogen) atoms. The largest absolute Gasteiger partial charge is 0.468 e. The van der Waals surface area contributed by atoms with Crippen LogP contribution in [-0.2, 0) is 6.54 Å². The van der Waals surface area contributed by atoms with E-state index in [1.165, 1.54) is 12.1 Å². The first-order valence-electron chi connectivity index (χ1n) is 7.69. The number of hydrogen-bond acceptors (Lipinski definition) is 5. The lowest BCUT2D eigenvalue weighted by Crippen LogP contribution is -2.46. The summed E-state index contributed by atoms with van der Waals surface area (Å²) in [6.45, 7) is 4.36. The van der Waals surface area contributed by atoms with E-state index in [0.29, 0.717) is 0 Å². The molecule has 3 heterocycles. The zero-order chi connectivity index (χ0) is 15.6. The molecule has 2 aromatic heterocycles. The molecular weight excluding hydrogens is 295 g/mol. The predicted octanol–water partition coefficient (Wildman–Crippen LogP) is 2.68. The van der Waals surface area contributed by atoms with Gasteiger partial charge in [0.1, 0.15) is 23.7 Å². The number of halogens is 1. The highest BCUT2D eigenvalue weighted by Gasteiger charge is 2.20. The Morgan fingerprint density at radius 1 is 1.09 bits per heavy atom. The zero-order valence-electron chi connectivity index (χ0n) is 12.7. The lowest BCUT2D eigenvalue weighted by molar-refractivity contribution is 0.230. The van der Waals surface area contributed by atoms with Crippen molar-refractivity contribution >= 4 is 16.7 Å².